The van der Waals surface area contributed by atoms with E-state index in [1.165, 1.54) is 30.3 Å². The van der Waals surface area contributed by atoms with E-state index in [0.29, 0.717) is 18.2 Å². The fraction of sp³-hybridized carbons (Fsp3) is 0.350. The van der Waals surface area contributed by atoms with Gasteiger partial charge in [-0.1, -0.05) is 40.9 Å². The van der Waals surface area contributed by atoms with Gasteiger partial charge in [0.2, 0.25) is 5.91 Å². The number of amides is 1. The van der Waals surface area contributed by atoms with Gasteiger partial charge in [0.25, 0.3) is 10.0 Å². The predicted molar refractivity (Wildman–Crippen MR) is 114 cm³/mol. The van der Waals surface area contributed by atoms with Crippen molar-refractivity contribution >= 4 is 44.8 Å². The molecule has 1 aliphatic heterocycles. The van der Waals surface area contributed by atoms with E-state index >= 15 is 0 Å². The number of rotatable bonds is 7. The highest BCUT2D eigenvalue weighted by atomic mass is 35.5. The molecule has 9 heteroatoms. The van der Waals surface area contributed by atoms with Crippen LogP contribution in [0.25, 0.3) is 0 Å². The quantitative estimate of drug-likeness (QED) is 0.687. The van der Waals surface area contributed by atoms with Crippen LogP contribution >= 0.6 is 23.2 Å². The first kappa shape index (κ1) is 21.9. The van der Waals surface area contributed by atoms with Crippen molar-refractivity contribution < 1.29 is 17.9 Å². The lowest BCUT2D eigenvalue weighted by molar-refractivity contribution is -0.120. The first-order valence-corrected chi connectivity index (χ1v) is 11.4. The SMILES string of the molecule is Cc1ccc(S(=O)(=O)N(CC(=O)NC[C@H]2CCCO2)c2ccc(Cl)c(Cl)c2)cc1. The van der Waals surface area contributed by atoms with Gasteiger partial charge in [-0.15, -0.1) is 0 Å². The third-order valence-corrected chi connectivity index (χ3v) is 7.17. The molecular formula is C20H22Cl2N2O4S. The van der Waals surface area contributed by atoms with Gasteiger partial charge in [0.15, 0.2) is 0 Å². The Balaban J connectivity index is 1.87. The van der Waals surface area contributed by atoms with Gasteiger partial charge >= 0.3 is 0 Å². The van der Waals surface area contributed by atoms with E-state index in [4.69, 9.17) is 27.9 Å². The van der Waals surface area contributed by atoms with E-state index in [2.05, 4.69) is 5.32 Å². The van der Waals surface area contributed by atoms with Crippen LogP contribution in [0.3, 0.4) is 0 Å². The van der Waals surface area contributed by atoms with Crippen LogP contribution in [0.15, 0.2) is 47.4 Å². The van der Waals surface area contributed by atoms with Crippen molar-refractivity contribution in [3.8, 4) is 0 Å². The molecule has 0 aliphatic carbocycles. The summed E-state index contributed by atoms with van der Waals surface area (Å²) in [7, 11) is -3.99. The lowest BCUT2D eigenvalue weighted by atomic mass is 10.2. The molecule has 0 bridgehead atoms. The Bertz CT molecular complexity index is 974. The van der Waals surface area contributed by atoms with E-state index in [-0.39, 0.29) is 28.3 Å². The summed E-state index contributed by atoms with van der Waals surface area (Å²) in [6.07, 6.45) is 1.79. The van der Waals surface area contributed by atoms with Gasteiger partial charge in [0.05, 0.1) is 26.7 Å². The van der Waals surface area contributed by atoms with Crippen LogP contribution < -0.4 is 9.62 Å². The lowest BCUT2D eigenvalue weighted by Gasteiger charge is -2.25. The van der Waals surface area contributed by atoms with Gasteiger partial charge in [-0.2, -0.15) is 0 Å². The summed E-state index contributed by atoms with van der Waals surface area (Å²) in [4.78, 5) is 12.6. The molecule has 29 heavy (non-hydrogen) atoms. The molecular weight excluding hydrogens is 435 g/mol. The van der Waals surface area contributed by atoms with E-state index in [0.717, 1.165) is 22.7 Å². The first-order valence-electron chi connectivity index (χ1n) is 9.20. The van der Waals surface area contributed by atoms with Gasteiger partial charge in [0, 0.05) is 13.2 Å². The van der Waals surface area contributed by atoms with Gasteiger partial charge < -0.3 is 10.1 Å². The van der Waals surface area contributed by atoms with Crippen molar-refractivity contribution in [3.63, 3.8) is 0 Å². The Labute approximate surface area is 180 Å². The van der Waals surface area contributed by atoms with Gasteiger partial charge in [-0.25, -0.2) is 8.42 Å². The number of nitrogens with zero attached hydrogens (tertiary/aromatic N) is 1. The summed E-state index contributed by atoms with van der Waals surface area (Å²) in [5, 5.41) is 3.25. The topological polar surface area (TPSA) is 75.7 Å². The number of carbonyl (C=O) groups excluding carboxylic acids is 1. The average Bonchev–Trinajstić information content (AvgIpc) is 3.21. The fourth-order valence-corrected chi connectivity index (χ4v) is 4.72. The Morgan fingerprint density at radius 1 is 1.17 bits per heavy atom. The van der Waals surface area contributed by atoms with Crippen molar-refractivity contribution in [1.29, 1.82) is 0 Å². The minimum atomic E-state index is -3.99. The summed E-state index contributed by atoms with van der Waals surface area (Å²) < 4.78 is 33.1. The summed E-state index contributed by atoms with van der Waals surface area (Å²) in [5.41, 5.74) is 1.19. The van der Waals surface area contributed by atoms with Crippen LogP contribution in [0.2, 0.25) is 10.0 Å². The molecule has 2 aromatic carbocycles. The van der Waals surface area contributed by atoms with Crippen LogP contribution in [0.4, 0.5) is 5.69 Å². The van der Waals surface area contributed by atoms with E-state index in [9.17, 15) is 13.2 Å². The number of halogens is 2. The molecule has 2 aromatic rings. The molecule has 0 radical (unpaired) electrons. The minimum Gasteiger partial charge on any atom is -0.376 e. The molecule has 0 saturated carbocycles. The number of hydrogen-bond acceptors (Lipinski definition) is 4. The molecule has 1 heterocycles. The third-order valence-electron chi connectivity index (χ3n) is 4.64. The van der Waals surface area contributed by atoms with Crippen LogP contribution in [0, 0.1) is 6.92 Å². The zero-order valence-corrected chi connectivity index (χ0v) is 18.2. The second-order valence-electron chi connectivity index (χ2n) is 6.86. The predicted octanol–water partition coefficient (Wildman–Crippen LogP) is 3.79. The lowest BCUT2D eigenvalue weighted by Crippen LogP contribution is -2.42. The zero-order chi connectivity index (χ0) is 21.0. The monoisotopic (exact) mass is 456 g/mol. The number of ether oxygens (including phenoxy) is 1. The average molecular weight is 457 g/mol. The number of carbonyl (C=O) groups is 1. The number of aryl methyl sites for hydroxylation is 1. The maximum atomic E-state index is 13.3. The smallest absolute Gasteiger partial charge is 0.264 e. The Kier molecular flexibility index (Phi) is 7.05. The number of nitrogens with one attached hydrogen (secondary N) is 1. The highest BCUT2D eigenvalue weighted by Gasteiger charge is 2.28. The molecule has 1 saturated heterocycles. The minimum absolute atomic E-state index is 0.0360. The summed E-state index contributed by atoms with van der Waals surface area (Å²) in [5.74, 6) is -0.428. The molecule has 6 nitrogen and oxygen atoms in total. The van der Waals surface area contributed by atoms with E-state index in [1.807, 2.05) is 6.92 Å². The van der Waals surface area contributed by atoms with Crippen LogP contribution in [0.1, 0.15) is 18.4 Å². The fourth-order valence-electron chi connectivity index (χ4n) is 3.01. The zero-order valence-electron chi connectivity index (χ0n) is 15.9. The molecule has 1 fully saturated rings. The van der Waals surface area contributed by atoms with Crippen LogP contribution in [0.5, 0.6) is 0 Å². The van der Waals surface area contributed by atoms with Crippen molar-refractivity contribution in [2.24, 2.45) is 0 Å². The van der Waals surface area contributed by atoms with E-state index in [1.54, 1.807) is 12.1 Å². The Morgan fingerprint density at radius 3 is 2.52 bits per heavy atom. The van der Waals surface area contributed by atoms with Crippen molar-refractivity contribution in [2.45, 2.75) is 30.8 Å². The number of sulfonamides is 1. The Hall–Kier alpha value is -1.80. The summed E-state index contributed by atoms with van der Waals surface area (Å²) >= 11 is 12.1. The maximum absolute atomic E-state index is 13.3. The first-order chi connectivity index (χ1) is 13.8. The van der Waals surface area contributed by atoms with Crippen LogP contribution in [-0.2, 0) is 19.6 Å². The van der Waals surface area contributed by atoms with Gasteiger partial charge in [0.1, 0.15) is 6.54 Å². The number of anilines is 1. The maximum Gasteiger partial charge on any atom is 0.264 e. The second kappa shape index (κ2) is 9.34. The normalized spacial score (nSPS) is 16.6. The van der Waals surface area contributed by atoms with Gasteiger partial charge in [-0.3, -0.25) is 9.10 Å². The second-order valence-corrected chi connectivity index (χ2v) is 9.54. The number of benzene rings is 2. The van der Waals surface area contributed by atoms with Crippen LogP contribution in [-0.4, -0.2) is 40.1 Å². The molecule has 1 N–H and O–H groups in total. The number of hydrogen-bond donors (Lipinski definition) is 1. The highest BCUT2D eigenvalue weighted by Crippen LogP contribution is 2.30. The van der Waals surface area contributed by atoms with Crippen molar-refractivity contribution in [3.05, 3.63) is 58.1 Å². The third kappa shape index (κ3) is 5.42. The highest BCUT2D eigenvalue weighted by molar-refractivity contribution is 7.92. The summed E-state index contributed by atoms with van der Waals surface area (Å²) in [6, 6.07) is 10.9. The molecule has 0 unspecified atom stereocenters. The van der Waals surface area contributed by atoms with Crippen molar-refractivity contribution in [1.82, 2.24) is 5.32 Å². The molecule has 0 spiro atoms. The standard InChI is InChI=1S/C20H22Cl2N2O4S/c1-14-4-7-17(8-5-14)29(26,27)24(15-6-9-18(21)19(22)11-15)13-20(25)23-12-16-3-2-10-28-16/h4-9,11,16H,2-3,10,12-13H2,1H3,(H,23,25)/t16-/m1/s1. The largest absolute Gasteiger partial charge is 0.376 e. The van der Waals surface area contributed by atoms with E-state index < -0.39 is 15.9 Å². The molecule has 3 rings (SSSR count). The Morgan fingerprint density at radius 2 is 1.90 bits per heavy atom. The summed E-state index contributed by atoms with van der Waals surface area (Å²) in [6.45, 7) is 2.50. The molecule has 1 amide bonds. The molecule has 0 aromatic heterocycles. The molecule has 1 atom stereocenters. The van der Waals surface area contributed by atoms with Gasteiger partial charge in [-0.05, 0) is 50.1 Å². The van der Waals surface area contributed by atoms with Crippen molar-refractivity contribution in [2.75, 3.05) is 24.0 Å². The molecule has 156 valence electrons. The molecule has 1 aliphatic rings.